The van der Waals surface area contributed by atoms with E-state index >= 15 is 0 Å². The molecular formula is C12H16S. The molecule has 0 bridgehead atoms. The van der Waals surface area contributed by atoms with Gasteiger partial charge in [0.15, 0.2) is 0 Å². The van der Waals surface area contributed by atoms with Gasteiger partial charge >= 0.3 is 0 Å². The van der Waals surface area contributed by atoms with Gasteiger partial charge in [-0.3, -0.25) is 0 Å². The van der Waals surface area contributed by atoms with Gasteiger partial charge in [0.25, 0.3) is 0 Å². The van der Waals surface area contributed by atoms with Gasteiger partial charge in [0.1, 0.15) is 0 Å². The summed E-state index contributed by atoms with van der Waals surface area (Å²) >= 11 is 2.09. The van der Waals surface area contributed by atoms with Crippen molar-refractivity contribution in [1.29, 1.82) is 0 Å². The van der Waals surface area contributed by atoms with Crippen LogP contribution in [0.2, 0.25) is 0 Å². The van der Waals surface area contributed by atoms with E-state index in [0.29, 0.717) is 0 Å². The average Bonchev–Trinajstić information content (AvgIpc) is 1.92. The predicted octanol–water partition coefficient (Wildman–Crippen LogP) is 3.79. The second-order valence-corrected chi connectivity index (χ2v) is 5.27. The summed E-state index contributed by atoms with van der Waals surface area (Å²) in [6, 6.07) is 4.61. The maximum Gasteiger partial charge on any atom is 0.0310 e. The molecule has 1 heterocycles. The highest BCUT2D eigenvalue weighted by Gasteiger charge is 2.23. The summed E-state index contributed by atoms with van der Waals surface area (Å²) in [4.78, 5) is 0. The lowest BCUT2D eigenvalue weighted by atomic mass is 9.96. The first kappa shape index (κ1) is 9.14. The zero-order chi connectivity index (χ0) is 9.42. The van der Waals surface area contributed by atoms with Gasteiger partial charge in [0.2, 0.25) is 0 Å². The van der Waals surface area contributed by atoms with Crippen LogP contribution in [-0.2, 0) is 0 Å². The number of thioether (sulfide) groups is 1. The minimum Gasteiger partial charge on any atom is -0.154 e. The number of aryl methyl sites for hydroxylation is 3. The van der Waals surface area contributed by atoms with Crippen LogP contribution in [-0.4, -0.2) is 5.75 Å². The average molecular weight is 192 g/mol. The molecule has 70 valence electrons. The lowest BCUT2D eigenvalue weighted by Gasteiger charge is -2.28. The molecule has 1 aromatic carbocycles. The Balaban J connectivity index is 2.43. The number of rotatable bonds is 1. The molecule has 1 aliphatic heterocycles. The Morgan fingerprint density at radius 2 is 1.69 bits per heavy atom. The third-order valence-corrected chi connectivity index (χ3v) is 4.10. The molecule has 2 rings (SSSR count). The molecule has 0 aromatic heterocycles. The standard InChI is InChI=1S/C12H16S/c1-8-6-9(2)12(10(3)7-8)11-4-5-13-11/h6-7,11H,4-5H2,1-3H3. The Bertz CT molecular complexity index is 301. The number of hydrogen-bond acceptors (Lipinski definition) is 1. The van der Waals surface area contributed by atoms with E-state index in [9.17, 15) is 0 Å². The minimum atomic E-state index is 0.792. The summed E-state index contributed by atoms with van der Waals surface area (Å²) in [7, 11) is 0. The van der Waals surface area contributed by atoms with Crippen molar-refractivity contribution in [2.45, 2.75) is 32.4 Å². The van der Waals surface area contributed by atoms with Crippen LogP contribution in [0.15, 0.2) is 12.1 Å². The van der Waals surface area contributed by atoms with Crippen LogP contribution in [0.3, 0.4) is 0 Å². The van der Waals surface area contributed by atoms with Crippen molar-refractivity contribution < 1.29 is 0 Å². The third kappa shape index (κ3) is 1.62. The predicted molar refractivity (Wildman–Crippen MR) is 60.5 cm³/mol. The van der Waals surface area contributed by atoms with E-state index in [4.69, 9.17) is 0 Å². The molecule has 1 heteroatoms. The molecule has 1 aromatic rings. The van der Waals surface area contributed by atoms with Crippen molar-refractivity contribution in [2.24, 2.45) is 0 Å². The summed E-state index contributed by atoms with van der Waals surface area (Å²) in [6.07, 6.45) is 1.37. The van der Waals surface area contributed by atoms with Crippen LogP contribution in [0.1, 0.15) is 33.9 Å². The van der Waals surface area contributed by atoms with E-state index in [-0.39, 0.29) is 0 Å². The number of hydrogen-bond donors (Lipinski definition) is 0. The fourth-order valence-electron chi connectivity index (χ4n) is 2.16. The van der Waals surface area contributed by atoms with Crippen LogP contribution < -0.4 is 0 Å². The molecule has 1 aliphatic rings. The zero-order valence-corrected chi connectivity index (χ0v) is 9.37. The van der Waals surface area contributed by atoms with Crippen molar-refractivity contribution in [3.8, 4) is 0 Å². The normalized spacial score (nSPS) is 21.3. The van der Waals surface area contributed by atoms with Gasteiger partial charge in [-0.15, -0.1) is 0 Å². The molecule has 0 spiro atoms. The van der Waals surface area contributed by atoms with E-state index in [2.05, 4.69) is 44.7 Å². The van der Waals surface area contributed by atoms with Crippen molar-refractivity contribution >= 4 is 11.8 Å². The Morgan fingerprint density at radius 1 is 1.15 bits per heavy atom. The molecule has 1 saturated heterocycles. The van der Waals surface area contributed by atoms with Gasteiger partial charge in [-0.05, 0) is 49.6 Å². The summed E-state index contributed by atoms with van der Waals surface area (Å²) < 4.78 is 0. The van der Waals surface area contributed by atoms with E-state index in [1.165, 1.54) is 28.9 Å². The highest BCUT2D eigenvalue weighted by atomic mass is 32.2. The Kier molecular flexibility index (Phi) is 2.37. The SMILES string of the molecule is Cc1cc(C)c(C2CCS2)c(C)c1. The fourth-order valence-corrected chi connectivity index (χ4v) is 3.17. The van der Waals surface area contributed by atoms with Crippen molar-refractivity contribution in [1.82, 2.24) is 0 Å². The summed E-state index contributed by atoms with van der Waals surface area (Å²) in [5.74, 6) is 1.34. The fraction of sp³-hybridized carbons (Fsp3) is 0.500. The van der Waals surface area contributed by atoms with Crippen LogP contribution >= 0.6 is 11.8 Å². The Hall–Kier alpha value is -0.430. The maximum absolute atomic E-state index is 2.31. The molecule has 0 aliphatic carbocycles. The van der Waals surface area contributed by atoms with Crippen molar-refractivity contribution in [3.63, 3.8) is 0 Å². The van der Waals surface area contributed by atoms with Crippen LogP contribution in [0.4, 0.5) is 0 Å². The molecule has 0 nitrogen and oxygen atoms in total. The monoisotopic (exact) mass is 192 g/mol. The molecule has 0 radical (unpaired) electrons. The lowest BCUT2D eigenvalue weighted by molar-refractivity contribution is 0.834. The summed E-state index contributed by atoms with van der Waals surface area (Å²) in [5, 5.41) is 0.792. The topological polar surface area (TPSA) is 0 Å². The molecule has 1 unspecified atom stereocenters. The lowest BCUT2D eigenvalue weighted by Crippen LogP contribution is -2.10. The van der Waals surface area contributed by atoms with Crippen LogP contribution in [0.25, 0.3) is 0 Å². The second kappa shape index (κ2) is 3.38. The third-order valence-electron chi connectivity index (χ3n) is 2.76. The molecular weight excluding hydrogens is 176 g/mol. The highest BCUT2D eigenvalue weighted by Crippen LogP contribution is 2.44. The zero-order valence-electron chi connectivity index (χ0n) is 8.55. The van der Waals surface area contributed by atoms with Gasteiger partial charge in [0.05, 0.1) is 0 Å². The van der Waals surface area contributed by atoms with E-state index in [1.807, 2.05) is 0 Å². The van der Waals surface area contributed by atoms with Crippen molar-refractivity contribution in [2.75, 3.05) is 5.75 Å². The number of benzene rings is 1. The van der Waals surface area contributed by atoms with E-state index in [1.54, 1.807) is 5.56 Å². The largest absolute Gasteiger partial charge is 0.154 e. The molecule has 1 atom stereocenters. The van der Waals surface area contributed by atoms with Gasteiger partial charge in [-0.1, -0.05) is 17.7 Å². The smallest absolute Gasteiger partial charge is 0.0310 e. The van der Waals surface area contributed by atoms with Crippen LogP contribution in [0, 0.1) is 20.8 Å². The molecule has 1 fully saturated rings. The Morgan fingerprint density at radius 3 is 2.08 bits per heavy atom. The van der Waals surface area contributed by atoms with Gasteiger partial charge in [-0.25, -0.2) is 0 Å². The quantitative estimate of drug-likeness (QED) is 0.652. The first-order chi connectivity index (χ1) is 6.18. The Labute approximate surface area is 84.7 Å². The van der Waals surface area contributed by atoms with Crippen molar-refractivity contribution in [3.05, 3.63) is 34.4 Å². The second-order valence-electron chi connectivity index (χ2n) is 3.96. The first-order valence-electron chi connectivity index (χ1n) is 4.88. The molecule has 0 amide bonds. The van der Waals surface area contributed by atoms with Crippen LogP contribution in [0.5, 0.6) is 0 Å². The molecule has 0 saturated carbocycles. The highest BCUT2D eigenvalue weighted by molar-refractivity contribution is 8.00. The van der Waals surface area contributed by atoms with E-state index in [0.717, 1.165) is 5.25 Å². The van der Waals surface area contributed by atoms with Gasteiger partial charge in [-0.2, -0.15) is 11.8 Å². The van der Waals surface area contributed by atoms with Gasteiger partial charge < -0.3 is 0 Å². The first-order valence-corrected chi connectivity index (χ1v) is 5.92. The maximum atomic E-state index is 2.31. The molecule has 13 heavy (non-hydrogen) atoms. The van der Waals surface area contributed by atoms with E-state index < -0.39 is 0 Å². The summed E-state index contributed by atoms with van der Waals surface area (Å²) in [5.41, 5.74) is 5.95. The minimum absolute atomic E-state index is 0.792. The summed E-state index contributed by atoms with van der Waals surface area (Å²) in [6.45, 7) is 6.67. The van der Waals surface area contributed by atoms with Gasteiger partial charge in [0, 0.05) is 5.25 Å². The molecule has 0 N–H and O–H groups in total.